The molecule has 0 fully saturated rings. The zero-order valence-corrected chi connectivity index (χ0v) is 16.2. The molecule has 1 atom stereocenters. The number of nitriles is 1. The molecule has 0 saturated carbocycles. The second-order valence-electron chi connectivity index (χ2n) is 5.86. The first-order valence-electron chi connectivity index (χ1n) is 8.40. The number of esters is 1. The number of rotatable bonds is 7. The van der Waals surface area contributed by atoms with Crippen molar-refractivity contribution >= 4 is 29.6 Å². The molecule has 1 N–H and O–H groups in total. The SMILES string of the molecule is COc1ccc(/C=C(\C#N)C(=O)OCC(=O)N[C@@H](C)c2cccc(Cl)c2)cc1. The second kappa shape index (κ2) is 10.1. The van der Waals surface area contributed by atoms with Crippen LogP contribution in [0.5, 0.6) is 5.75 Å². The van der Waals surface area contributed by atoms with Gasteiger partial charge in [0.2, 0.25) is 0 Å². The number of carbonyl (C=O) groups excluding carboxylic acids is 2. The molecule has 144 valence electrons. The average molecular weight is 399 g/mol. The minimum Gasteiger partial charge on any atom is -0.497 e. The van der Waals surface area contributed by atoms with Crippen LogP contribution in [0.25, 0.3) is 6.08 Å². The van der Waals surface area contributed by atoms with Gasteiger partial charge < -0.3 is 14.8 Å². The van der Waals surface area contributed by atoms with Gasteiger partial charge in [0, 0.05) is 5.02 Å². The lowest BCUT2D eigenvalue weighted by Gasteiger charge is -2.14. The van der Waals surface area contributed by atoms with E-state index in [1.54, 1.807) is 62.6 Å². The number of halogens is 1. The predicted octanol–water partition coefficient (Wildman–Crippen LogP) is 3.68. The van der Waals surface area contributed by atoms with Crippen LogP contribution in [0.1, 0.15) is 24.1 Å². The number of hydrogen-bond donors (Lipinski definition) is 1. The van der Waals surface area contributed by atoms with E-state index in [-0.39, 0.29) is 11.6 Å². The molecule has 2 rings (SSSR count). The normalized spacial score (nSPS) is 11.9. The lowest BCUT2D eigenvalue weighted by Crippen LogP contribution is -2.31. The predicted molar refractivity (Wildman–Crippen MR) is 106 cm³/mol. The van der Waals surface area contributed by atoms with Gasteiger partial charge in [-0.25, -0.2) is 4.79 Å². The molecule has 7 heteroatoms. The van der Waals surface area contributed by atoms with Crippen molar-refractivity contribution in [2.75, 3.05) is 13.7 Å². The molecule has 0 radical (unpaired) electrons. The number of ether oxygens (including phenoxy) is 2. The van der Waals surface area contributed by atoms with Crippen molar-refractivity contribution in [2.45, 2.75) is 13.0 Å². The Morgan fingerprint density at radius 1 is 1.25 bits per heavy atom. The lowest BCUT2D eigenvalue weighted by molar-refractivity contribution is -0.144. The third-order valence-corrected chi connectivity index (χ3v) is 4.06. The van der Waals surface area contributed by atoms with E-state index in [9.17, 15) is 14.9 Å². The largest absolute Gasteiger partial charge is 0.497 e. The molecule has 0 bridgehead atoms. The van der Waals surface area contributed by atoms with Crippen molar-refractivity contribution < 1.29 is 19.1 Å². The highest BCUT2D eigenvalue weighted by molar-refractivity contribution is 6.30. The summed E-state index contributed by atoms with van der Waals surface area (Å²) in [5.41, 5.74) is 1.25. The minimum atomic E-state index is -0.871. The number of nitrogens with one attached hydrogen (secondary N) is 1. The molecule has 6 nitrogen and oxygen atoms in total. The first kappa shape index (κ1) is 21.0. The maximum atomic E-state index is 12.1. The highest BCUT2D eigenvalue weighted by atomic mass is 35.5. The van der Waals surface area contributed by atoms with Gasteiger partial charge in [-0.3, -0.25) is 4.79 Å². The van der Waals surface area contributed by atoms with Gasteiger partial charge in [0.15, 0.2) is 6.61 Å². The van der Waals surface area contributed by atoms with Crippen LogP contribution >= 0.6 is 11.6 Å². The molecule has 0 heterocycles. The van der Waals surface area contributed by atoms with Crippen LogP contribution in [0.2, 0.25) is 5.02 Å². The van der Waals surface area contributed by atoms with Crippen molar-refractivity contribution in [1.29, 1.82) is 5.26 Å². The van der Waals surface area contributed by atoms with Crippen LogP contribution in [-0.2, 0) is 14.3 Å². The molecule has 2 aromatic carbocycles. The summed E-state index contributed by atoms with van der Waals surface area (Å²) < 4.78 is 10.00. The summed E-state index contributed by atoms with van der Waals surface area (Å²) in [7, 11) is 1.54. The van der Waals surface area contributed by atoms with E-state index in [0.717, 1.165) is 5.56 Å². The van der Waals surface area contributed by atoms with Crippen molar-refractivity contribution in [1.82, 2.24) is 5.32 Å². The van der Waals surface area contributed by atoms with Gasteiger partial charge in [-0.2, -0.15) is 5.26 Å². The molecule has 1 amide bonds. The Kier molecular flexibility index (Phi) is 7.61. The third-order valence-electron chi connectivity index (χ3n) is 3.83. The Morgan fingerprint density at radius 2 is 1.96 bits per heavy atom. The Hall–Kier alpha value is -3.30. The second-order valence-corrected chi connectivity index (χ2v) is 6.30. The molecular formula is C21H19ClN2O4. The van der Waals surface area contributed by atoms with E-state index in [1.165, 1.54) is 6.08 Å². The Balaban J connectivity index is 1.92. The summed E-state index contributed by atoms with van der Waals surface area (Å²) in [5, 5.41) is 12.5. The summed E-state index contributed by atoms with van der Waals surface area (Å²) in [5.74, 6) is -0.699. The summed E-state index contributed by atoms with van der Waals surface area (Å²) in [4.78, 5) is 24.1. The van der Waals surface area contributed by atoms with E-state index >= 15 is 0 Å². The number of hydrogen-bond acceptors (Lipinski definition) is 5. The van der Waals surface area contributed by atoms with Crippen LogP contribution in [0.3, 0.4) is 0 Å². The van der Waals surface area contributed by atoms with E-state index < -0.39 is 18.5 Å². The van der Waals surface area contributed by atoms with Gasteiger partial charge in [0.25, 0.3) is 5.91 Å². The quantitative estimate of drug-likeness (QED) is 0.436. The number of amides is 1. The number of nitrogens with zero attached hydrogens (tertiary/aromatic N) is 1. The molecule has 0 aliphatic heterocycles. The zero-order chi connectivity index (χ0) is 20.5. The van der Waals surface area contributed by atoms with Crippen LogP contribution < -0.4 is 10.1 Å². The number of carbonyl (C=O) groups is 2. The fourth-order valence-corrected chi connectivity index (χ4v) is 2.55. The number of benzene rings is 2. The van der Waals surface area contributed by atoms with Crippen LogP contribution in [0.4, 0.5) is 0 Å². The Bertz CT molecular complexity index is 917. The Labute approximate surface area is 168 Å². The standard InChI is InChI=1S/C21H19ClN2O4/c1-14(16-4-3-5-18(22)11-16)24-20(25)13-28-21(26)17(12-23)10-15-6-8-19(27-2)9-7-15/h3-11,14H,13H2,1-2H3,(H,24,25)/b17-10+/t14-/m0/s1. The molecule has 0 aliphatic carbocycles. The first-order chi connectivity index (χ1) is 13.4. The van der Waals surface area contributed by atoms with E-state index in [1.807, 2.05) is 6.07 Å². The van der Waals surface area contributed by atoms with Crippen molar-refractivity contribution in [2.24, 2.45) is 0 Å². The zero-order valence-electron chi connectivity index (χ0n) is 15.4. The molecule has 0 unspecified atom stereocenters. The molecule has 28 heavy (non-hydrogen) atoms. The molecule has 0 saturated heterocycles. The van der Waals surface area contributed by atoms with Crippen molar-refractivity contribution in [3.8, 4) is 11.8 Å². The fourth-order valence-electron chi connectivity index (χ4n) is 2.35. The van der Waals surface area contributed by atoms with E-state index in [4.69, 9.17) is 21.1 Å². The maximum Gasteiger partial charge on any atom is 0.349 e. The molecule has 0 aromatic heterocycles. The van der Waals surface area contributed by atoms with Crippen molar-refractivity contribution in [3.05, 3.63) is 70.3 Å². The summed E-state index contributed by atoms with van der Waals surface area (Å²) in [6.07, 6.45) is 1.38. The minimum absolute atomic E-state index is 0.208. The summed E-state index contributed by atoms with van der Waals surface area (Å²) in [6, 6.07) is 15.4. The van der Waals surface area contributed by atoms with Crippen LogP contribution in [-0.4, -0.2) is 25.6 Å². The molecular weight excluding hydrogens is 380 g/mol. The van der Waals surface area contributed by atoms with E-state index in [2.05, 4.69) is 5.32 Å². The van der Waals surface area contributed by atoms with Gasteiger partial charge in [-0.15, -0.1) is 0 Å². The van der Waals surface area contributed by atoms with Gasteiger partial charge in [0.1, 0.15) is 17.4 Å². The third kappa shape index (κ3) is 6.15. The highest BCUT2D eigenvalue weighted by Gasteiger charge is 2.15. The van der Waals surface area contributed by atoms with Gasteiger partial charge >= 0.3 is 5.97 Å². The molecule has 0 spiro atoms. The van der Waals surface area contributed by atoms with Crippen LogP contribution in [0.15, 0.2) is 54.1 Å². The van der Waals surface area contributed by atoms with Gasteiger partial charge in [0.05, 0.1) is 13.2 Å². The van der Waals surface area contributed by atoms with Gasteiger partial charge in [-0.05, 0) is 48.4 Å². The van der Waals surface area contributed by atoms with Crippen LogP contribution in [0, 0.1) is 11.3 Å². The molecule has 0 aliphatic rings. The highest BCUT2D eigenvalue weighted by Crippen LogP contribution is 2.17. The average Bonchev–Trinajstić information content (AvgIpc) is 2.70. The monoisotopic (exact) mass is 398 g/mol. The lowest BCUT2D eigenvalue weighted by atomic mass is 10.1. The first-order valence-corrected chi connectivity index (χ1v) is 8.78. The smallest absolute Gasteiger partial charge is 0.349 e. The number of methoxy groups -OCH3 is 1. The molecule has 2 aromatic rings. The topological polar surface area (TPSA) is 88.4 Å². The van der Waals surface area contributed by atoms with Crippen molar-refractivity contribution in [3.63, 3.8) is 0 Å². The Morgan fingerprint density at radius 3 is 2.57 bits per heavy atom. The maximum absolute atomic E-state index is 12.1. The summed E-state index contributed by atoms with van der Waals surface area (Å²) in [6.45, 7) is 1.29. The van der Waals surface area contributed by atoms with Gasteiger partial charge in [-0.1, -0.05) is 35.9 Å². The van der Waals surface area contributed by atoms with E-state index in [0.29, 0.717) is 16.3 Å². The summed E-state index contributed by atoms with van der Waals surface area (Å²) >= 11 is 5.94. The fraction of sp³-hybridized carbons (Fsp3) is 0.190.